The Hall–Kier alpha value is -3.05. The molecule has 3 aromatic carbocycles. The van der Waals surface area contributed by atoms with Crippen LogP contribution in [0.4, 0.5) is 4.39 Å². The van der Waals surface area contributed by atoms with Crippen molar-refractivity contribution in [1.82, 2.24) is 0 Å². The average Bonchev–Trinajstić information content (AvgIpc) is 3.26. The van der Waals surface area contributed by atoms with Crippen LogP contribution in [0, 0.1) is 5.82 Å². The first kappa shape index (κ1) is 29.2. The third kappa shape index (κ3) is 8.87. The number of unbranched alkanes of at least 4 members (excludes halogenated alkanes) is 2. The third-order valence-electron chi connectivity index (χ3n) is 5.25. The first-order valence-corrected chi connectivity index (χ1v) is 13.7. The Labute approximate surface area is 219 Å². The van der Waals surface area contributed by atoms with Gasteiger partial charge in [0.25, 0.3) is 0 Å². The van der Waals surface area contributed by atoms with E-state index in [-0.39, 0.29) is 11.6 Å². The fourth-order valence-corrected chi connectivity index (χ4v) is 4.06. The summed E-state index contributed by atoms with van der Waals surface area (Å²) in [5.41, 5.74) is 0.861. The van der Waals surface area contributed by atoms with Crippen LogP contribution >= 0.6 is 11.3 Å². The number of phenols is 1. The summed E-state index contributed by atoms with van der Waals surface area (Å²) in [4.78, 5) is 0.881. The molecule has 5 heteroatoms. The summed E-state index contributed by atoms with van der Waals surface area (Å²) in [5, 5.41) is 10.7. The molecule has 36 heavy (non-hydrogen) atoms. The zero-order chi connectivity index (χ0) is 26.3. The van der Waals surface area contributed by atoms with E-state index >= 15 is 0 Å². The van der Waals surface area contributed by atoms with Crippen LogP contribution in [-0.2, 0) is 0 Å². The summed E-state index contributed by atoms with van der Waals surface area (Å²) in [5.74, 6) is 2.08. The summed E-state index contributed by atoms with van der Waals surface area (Å²) in [6, 6.07) is 19.0. The van der Waals surface area contributed by atoms with Gasteiger partial charge in [0.1, 0.15) is 23.1 Å². The number of phenolic OH excluding ortho intramolecular Hbond substituents is 1. The molecule has 0 aliphatic heterocycles. The smallest absolute Gasteiger partial charge is 0.153 e. The summed E-state index contributed by atoms with van der Waals surface area (Å²) in [6.45, 7) is 11.5. The van der Waals surface area contributed by atoms with E-state index in [1.807, 2.05) is 30.3 Å². The van der Waals surface area contributed by atoms with E-state index in [1.54, 1.807) is 24.3 Å². The first-order valence-electron chi connectivity index (χ1n) is 12.9. The van der Waals surface area contributed by atoms with E-state index in [0.29, 0.717) is 18.1 Å². The fourth-order valence-electron chi connectivity index (χ4n) is 2.90. The fraction of sp³-hybridized carbons (Fsp3) is 0.355. The van der Waals surface area contributed by atoms with Crippen LogP contribution in [-0.4, -0.2) is 11.7 Å². The Kier molecular flexibility index (Phi) is 12.8. The molecule has 0 spiro atoms. The highest BCUT2D eigenvalue weighted by atomic mass is 32.1. The van der Waals surface area contributed by atoms with E-state index < -0.39 is 0 Å². The molecule has 3 nitrogen and oxygen atoms in total. The van der Waals surface area contributed by atoms with Crippen LogP contribution in [0.1, 0.15) is 66.7 Å². The highest BCUT2D eigenvalue weighted by molar-refractivity contribution is 7.22. The van der Waals surface area contributed by atoms with E-state index in [1.165, 1.54) is 49.2 Å². The van der Waals surface area contributed by atoms with Gasteiger partial charge in [0.15, 0.2) is 5.75 Å². The molecule has 0 atom stereocenters. The van der Waals surface area contributed by atoms with Crippen LogP contribution in [0.5, 0.6) is 23.0 Å². The predicted molar refractivity (Wildman–Crippen MR) is 152 cm³/mol. The number of rotatable bonds is 8. The number of fused-ring (bicyclic) bond motifs is 1. The molecule has 0 saturated heterocycles. The summed E-state index contributed by atoms with van der Waals surface area (Å²) >= 11 is 1.50. The van der Waals surface area contributed by atoms with Gasteiger partial charge in [-0.1, -0.05) is 72.4 Å². The number of halogens is 1. The predicted octanol–water partition coefficient (Wildman–Crippen LogP) is 10.6. The first-order chi connectivity index (χ1) is 17.5. The molecule has 4 rings (SSSR count). The zero-order valence-electron chi connectivity index (χ0n) is 22.1. The number of aromatic hydroxyl groups is 1. The molecule has 0 amide bonds. The van der Waals surface area contributed by atoms with Gasteiger partial charge in [-0.05, 0) is 66.6 Å². The standard InChI is InChI=1S/C23H19FO3S.2C4H10/c1-2-13-26-18-8-10-19(11-9-18)27-22-20-12-7-17(25)14-21(20)28-23(22)15-3-5-16(24)6-4-15;2*1-3-4-2/h3-12,14,25H,2,13H2,1H3;2*3-4H2,1-2H3. The second-order valence-corrected chi connectivity index (χ2v) is 9.42. The van der Waals surface area contributed by atoms with Gasteiger partial charge in [-0.2, -0.15) is 0 Å². The van der Waals surface area contributed by atoms with Crippen molar-refractivity contribution in [3.63, 3.8) is 0 Å². The van der Waals surface area contributed by atoms with Crippen molar-refractivity contribution in [2.24, 2.45) is 0 Å². The van der Waals surface area contributed by atoms with Crippen molar-refractivity contribution in [1.29, 1.82) is 0 Å². The van der Waals surface area contributed by atoms with Gasteiger partial charge in [0.2, 0.25) is 0 Å². The lowest BCUT2D eigenvalue weighted by molar-refractivity contribution is 0.317. The molecule has 0 fully saturated rings. The lowest BCUT2D eigenvalue weighted by atomic mass is 10.1. The van der Waals surface area contributed by atoms with Gasteiger partial charge in [0, 0.05) is 10.1 Å². The minimum absolute atomic E-state index is 0.198. The Morgan fingerprint density at radius 1 is 0.722 bits per heavy atom. The Balaban J connectivity index is 0.000000501. The van der Waals surface area contributed by atoms with Crippen LogP contribution in [0.2, 0.25) is 0 Å². The maximum absolute atomic E-state index is 13.4. The van der Waals surface area contributed by atoms with Gasteiger partial charge in [-0.3, -0.25) is 0 Å². The SMILES string of the molecule is CCCC.CCCC.CCCOc1ccc(Oc2c(-c3ccc(F)cc3)sc3cc(O)ccc23)cc1. The van der Waals surface area contributed by atoms with Gasteiger partial charge in [0.05, 0.1) is 11.5 Å². The number of hydrogen-bond donors (Lipinski definition) is 1. The highest BCUT2D eigenvalue weighted by Crippen LogP contribution is 2.47. The van der Waals surface area contributed by atoms with Gasteiger partial charge in [-0.15, -0.1) is 11.3 Å². The second-order valence-electron chi connectivity index (χ2n) is 8.37. The monoisotopic (exact) mass is 510 g/mol. The largest absolute Gasteiger partial charge is 0.508 e. The summed E-state index contributed by atoms with van der Waals surface area (Å²) in [7, 11) is 0. The topological polar surface area (TPSA) is 38.7 Å². The normalized spacial score (nSPS) is 10.2. The molecule has 0 bridgehead atoms. The second kappa shape index (κ2) is 15.8. The van der Waals surface area contributed by atoms with Gasteiger partial charge < -0.3 is 14.6 Å². The maximum atomic E-state index is 13.4. The molecular weight excluding hydrogens is 471 g/mol. The number of hydrogen-bond acceptors (Lipinski definition) is 4. The van der Waals surface area contributed by atoms with Crippen molar-refractivity contribution < 1.29 is 19.0 Å². The van der Waals surface area contributed by atoms with Crippen LogP contribution in [0.25, 0.3) is 20.5 Å². The molecule has 1 N–H and O–H groups in total. The minimum Gasteiger partial charge on any atom is -0.508 e. The molecule has 0 saturated carbocycles. The third-order valence-corrected chi connectivity index (χ3v) is 6.43. The van der Waals surface area contributed by atoms with Crippen LogP contribution < -0.4 is 9.47 Å². The Morgan fingerprint density at radius 2 is 1.31 bits per heavy atom. The van der Waals surface area contributed by atoms with Crippen molar-refractivity contribution in [2.75, 3.05) is 6.61 Å². The van der Waals surface area contributed by atoms with Crippen LogP contribution in [0.15, 0.2) is 66.7 Å². The molecule has 4 aromatic rings. The maximum Gasteiger partial charge on any atom is 0.153 e. The molecule has 1 aromatic heterocycles. The average molecular weight is 511 g/mol. The zero-order valence-corrected chi connectivity index (χ0v) is 23.0. The van der Waals surface area contributed by atoms with E-state index in [0.717, 1.165) is 32.7 Å². The van der Waals surface area contributed by atoms with Crippen molar-refractivity contribution in [3.05, 3.63) is 72.5 Å². The van der Waals surface area contributed by atoms with Gasteiger partial charge >= 0.3 is 0 Å². The summed E-state index contributed by atoms with van der Waals surface area (Å²) in [6.07, 6.45) is 6.23. The number of benzene rings is 3. The van der Waals surface area contributed by atoms with Crippen LogP contribution in [0.3, 0.4) is 0 Å². The summed E-state index contributed by atoms with van der Waals surface area (Å²) < 4.78 is 26.1. The highest BCUT2D eigenvalue weighted by Gasteiger charge is 2.17. The van der Waals surface area contributed by atoms with E-state index in [9.17, 15) is 9.50 Å². The number of ether oxygens (including phenoxy) is 2. The minimum atomic E-state index is -0.285. The Morgan fingerprint density at radius 3 is 1.86 bits per heavy atom. The lowest BCUT2D eigenvalue weighted by Crippen LogP contribution is -1.94. The van der Waals surface area contributed by atoms with Crippen molar-refractivity contribution in [3.8, 4) is 33.4 Å². The van der Waals surface area contributed by atoms with Gasteiger partial charge in [-0.25, -0.2) is 4.39 Å². The van der Waals surface area contributed by atoms with Crippen molar-refractivity contribution >= 4 is 21.4 Å². The molecule has 194 valence electrons. The molecule has 0 unspecified atom stereocenters. The lowest BCUT2D eigenvalue weighted by Gasteiger charge is -2.10. The molecule has 0 aliphatic rings. The van der Waals surface area contributed by atoms with E-state index in [4.69, 9.17) is 9.47 Å². The van der Waals surface area contributed by atoms with E-state index in [2.05, 4.69) is 34.6 Å². The number of thiophene rings is 1. The molecular formula is C31H39FO3S. The Bertz CT molecular complexity index is 1140. The molecule has 0 aliphatic carbocycles. The molecule has 1 heterocycles. The molecule has 0 radical (unpaired) electrons. The van der Waals surface area contributed by atoms with Crippen molar-refractivity contribution in [2.45, 2.75) is 66.7 Å². The quantitative estimate of drug-likeness (QED) is 0.256.